The molecule has 15 nitrogen and oxygen atoms in total. The number of anilines is 1. The Bertz CT molecular complexity index is 2450. The fourth-order valence-electron chi connectivity index (χ4n) is 9.20. The van der Waals surface area contributed by atoms with Crippen molar-refractivity contribution in [1.29, 1.82) is 0 Å². The minimum absolute atomic E-state index is 0.0924. The fourth-order valence-corrected chi connectivity index (χ4v) is 9.45. The number of halogens is 1. The molecular formula is C48H54ClN9O6. The summed E-state index contributed by atoms with van der Waals surface area (Å²) in [5.41, 5.74) is 2.81. The molecule has 0 radical (unpaired) electrons. The normalized spacial score (nSPS) is 19.8. The van der Waals surface area contributed by atoms with Gasteiger partial charge in [0.1, 0.15) is 29.2 Å². The molecule has 1 aromatic heterocycles. The van der Waals surface area contributed by atoms with Crippen molar-refractivity contribution in [2.45, 2.75) is 63.5 Å². The zero-order chi connectivity index (χ0) is 44.7. The van der Waals surface area contributed by atoms with Crippen LogP contribution in [0.15, 0.2) is 82.9 Å². The van der Waals surface area contributed by atoms with Gasteiger partial charge in [-0.05, 0) is 101 Å². The van der Waals surface area contributed by atoms with Crippen LogP contribution in [0.4, 0.5) is 11.5 Å². The van der Waals surface area contributed by atoms with Gasteiger partial charge in [-0.15, -0.1) is 0 Å². The summed E-state index contributed by atoms with van der Waals surface area (Å²) in [5.74, 6) is 0.0145. The summed E-state index contributed by atoms with van der Waals surface area (Å²) in [6, 6.07) is 18.9. The molecule has 8 rings (SSSR count). The Labute approximate surface area is 377 Å². The molecule has 4 amide bonds. The van der Waals surface area contributed by atoms with Crippen molar-refractivity contribution in [3.8, 4) is 11.5 Å². The number of hydrogen-bond donors (Lipinski definition) is 3. The zero-order valence-electron chi connectivity index (χ0n) is 36.1. The molecule has 3 aromatic carbocycles. The third-order valence-electron chi connectivity index (χ3n) is 12.6. The smallest absolute Gasteiger partial charge is 0.262 e. The topological polar surface area (TPSA) is 172 Å². The van der Waals surface area contributed by atoms with Crippen LogP contribution in [0.1, 0.15) is 93.6 Å². The van der Waals surface area contributed by atoms with E-state index in [4.69, 9.17) is 16.3 Å². The van der Waals surface area contributed by atoms with Crippen LogP contribution in [0, 0.1) is 0 Å². The minimum atomic E-state index is -0.971. The van der Waals surface area contributed by atoms with Gasteiger partial charge in [-0.2, -0.15) is 0 Å². The van der Waals surface area contributed by atoms with Crippen LogP contribution in [0.5, 0.6) is 11.5 Å². The maximum Gasteiger partial charge on any atom is 0.262 e. The van der Waals surface area contributed by atoms with Crippen LogP contribution < -0.4 is 20.3 Å². The van der Waals surface area contributed by atoms with E-state index in [1.54, 1.807) is 43.6 Å². The predicted molar refractivity (Wildman–Crippen MR) is 247 cm³/mol. The number of piperidine rings is 2. The molecular weight excluding hydrogens is 834 g/mol. The van der Waals surface area contributed by atoms with Crippen LogP contribution in [0.25, 0.3) is 0 Å². The summed E-state index contributed by atoms with van der Waals surface area (Å²) < 4.78 is 5.92. The lowest BCUT2D eigenvalue weighted by atomic mass is 9.99. The monoisotopic (exact) mass is 887 g/mol. The number of unbranched alkanes of at least 4 members (excludes halogenated alkanes) is 3. The van der Waals surface area contributed by atoms with E-state index in [9.17, 15) is 24.0 Å². The summed E-state index contributed by atoms with van der Waals surface area (Å²) in [7, 11) is 1.71. The molecule has 2 atom stereocenters. The fraction of sp³-hybridized carbons (Fsp3) is 0.396. The second-order valence-corrected chi connectivity index (χ2v) is 17.2. The highest BCUT2D eigenvalue weighted by molar-refractivity contribution is 6.35. The molecule has 0 bridgehead atoms. The van der Waals surface area contributed by atoms with Crippen molar-refractivity contribution >= 4 is 65.1 Å². The number of amides is 4. The molecule has 4 aliphatic rings. The molecule has 4 aromatic rings. The lowest BCUT2D eigenvalue weighted by Gasteiger charge is -2.36. The van der Waals surface area contributed by atoms with Gasteiger partial charge in [0.15, 0.2) is 5.78 Å². The number of ketones is 1. The van der Waals surface area contributed by atoms with Crippen LogP contribution in [0.2, 0.25) is 5.02 Å². The van der Waals surface area contributed by atoms with Crippen molar-refractivity contribution in [2.75, 3.05) is 64.3 Å². The lowest BCUT2D eigenvalue weighted by molar-refractivity contribution is -0.136. The molecule has 0 saturated carbocycles. The number of nitrogens with zero attached hydrogens (tertiary/aromatic N) is 6. The van der Waals surface area contributed by atoms with Gasteiger partial charge in [-0.1, -0.05) is 42.6 Å². The standard InChI is InChI=1S/C48H54ClN9O6/c1-50-44-42(38(29-52-44)43(60)36-17-15-34(28-39(36)49)64-33-12-6-5-7-13-33)45(51-2)53-31-11-10-22-56(30-31)21-9-4-3-8-20-55-23-25-57(26-24-55)32-14-16-35-37(27-32)48(63)58(47(35)62)40-18-19-41(59)54-46(40)61/h5-7,12-17,27-29,31,40,52H,1,3-4,8-11,18-26,30H2,2H3,(H,51,53)(H,54,59,61)/t31-,40?/m1/s1. The number of ether oxygens (including phenoxy) is 1. The van der Waals surface area contributed by atoms with E-state index in [-0.39, 0.29) is 29.7 Å². The first-order valence-corrected chi connectivity index (χ1v) is 22.5. The number of carbonyl (C=O) groups is 5. The number of nitrogens with one attached hydrogen (secondary N) is 3. The molecule has 5 heterocycles. The van der Waals surface area contributed by atoms with Crippen LogP contribution >= 0.6 is 11.6 Å². The lowest BCUT2D eigenvalue weighted by Crippen LogP contribution is -2.54. The van der Waals surface area contributed by atoms with Crippen molar-refractivity contribution in [1.82, 2.24) is 30.3 Å². The Balaban J connectivity index is 0.764. The van der Waals surface area contributed by atoms with Gasteiger partial charge >= 0.3 is 0 Å². The first-order chi connectivity index (χ1) is 31.1. The van der Waals surface area contributed by atoms with Crippen molar-refractivity contribution in [3.63, 3.8) is 0 Å². The Kier molecular flexibility index (Phi) is 14.0. The van der Waals surface area contributed by atoms with Gasteiger partial charge in [0, 0.05) is 75.7 Å². The van der Waals surface area contributed by atoms with E-state index in [0.29, 0.717) is 51.0 Å². The highest BCUT2D eigenvalue weighted by Gasteiger charge is 2.45. The van der Waals surface area contributed by atoms with Gasteiger partial charge in [-0.25, -0.2) is 4.99 Å². The second kappa shape index (κ2) is 20.1. The van der Waals surface area contributed by atoms with Crippen LogP contribution in [0.3, 0.4) is 0 Å². The highest BCUT2D eigenvalue weighted by Crippen LogP contribution is 2.33. The van der Waals surface area contributed by atoms with E-state index < -0.39 is 29.7 Å². The number of fused-ring (bicyclic) bond motifs is 1. The number of carbonyl (C=O) groups excluding carboxylic acids is 5. The van der Waals surface area contributed by atoms with E-state index in [1.165, 1.54) is 0 Å². The van der Waals surface area contributed by atoms with Crippen molar-refractivity contribution in [3.05, 3.63) is 106 Å². The quantitative estimate of drug-likeness (QED) is 0.0385. The number of aromatic amines is 1. The highest BCUT2D eigenvalue weighted by atomic mass is 35.5. The van der Waals surface area contributed by atoms with Crippen molar-refractivity contribution < 1.29 is 28.7 Å². The van der Waals surface area contributed by atoms with Gasteiger partial charge in [0.05, 0.1) is 27.3 Å². The molecule has 0 aliphatic carbocycles. The maximum atomic E-state index is 14.0. The number of likely N-dealkylation sites (tertiary alicyclic amines) is 1. The number of aromatic nitrogens is 1. The predicted octanol–water partition coefficient (Wildman–Crippen LogP) is 6.24. The molecule has 4 aliphatic heterocycles. The van der Waals surface area contributed by atoms with Gasteiger partial charge in [-0.3, -0.25) is 44.1 Å². The minimum Gasteiger partial charge on any atom is -0.457 e. The number of aliphatic imine (C=N–C) groups is 2. The van der Waals surface area contributed by atoms with E-state index in [2.05, 4.69) is 47.0 Å². The van der Waals surface area contributed by atoms with Gasteiger partial charge in [0.2, 0.25) is 11.8 Å². The Morgan fingerprint density at radius 1 is 0.844 bits per heavy atom. The molecule has 334 valence electrons. The first kappa shape index (κ1) is 44.4. The number of imide groups is 2. The molecule has 3 N–H and O–H groups in total. The van der Waals surface area contributed by atoms with Gasteiger partial charge < -0.3 is 24.8 Å². The Morgan fingerprint density at radius 3 is 2.31 bits per heavy atom. The summed E-state index contributed by atoms with van der Waals surface area (Å²) in [6.45, 7) is 11.2. The number of H-pyrrole nitrogens is 1. The van der Waals surface area contributed by atoms with Gasteiger partial charge in [0.25, 0.3) is 11.8 Å². The number of para-hydroxylation sites is 1. The summed E-state index contributed by atoms with van der Waals surface area (Å²) in [6.07, 6.45) is 8.45. The average molecular weight is 888 g/mol. The molecule has 1 unspecified atom stereocenters. The van der Waals surface area contributed by atoms with Crippen LogP contribution in [-0.2, 0) is 9.59 Å². The summed E-state index contributed by atoms with van der Waals surface area (Å²) >= 11 is 6.66. The average Bonchev–Trinajstić information content (AvgIpc) is 3.84. The molecule has 16 heteroatoms. The largest absolute Gasteiger partial charge is 0.457 e. The molecule has 0 spiro atoms. The number of amidine groups is 1. The van der Waals surface area contributed by atoms with Crippen molar-refractivity contribution in [2.24, 2.45) is 9.98 Å². The van der Waals surface area contributed by atoms with E-state index >= 15 is 0 Å². The SMILES string of the molecule is C=Nc1[nH]cc(C(=O)c2ccc(Oc3ccccc3)cc2Cl)c1C(=NC)N[C@@H]1CCCN(CCCCCCN2CCN(c3ccc4c(c3)C(=O)N(C3CCC(=O)NC3=O)C4=O)CC2)C1. The Morgan fingerprint density at radius 2 is 1.59 bits per heavy atom. The number of benzene rings is 3. The maximum absolute atomic E-state index is 14.0. The summed E-state index contributed by atoms with van der Waals surface area (Å²) in [4.78, 5) is 84.6. The van der Waals surface area contributed by atoms with Crippen LogP contribution in [-0.4, -0.2) is 133 Å². The third-order valence-corrected chi connectivity index (χ3v) is 12.9. The van der Waals surface area contributed by atoms with E-state index in [0.717, 1.165) is 101 Å². The summed E-state index contributed by atoms with van der Waals surface area (Å²) in [5, 5.41) is 6.16. The molecule has 64 heavy (non-hydrogen) atoms. The molecule has 3 fully saturated rings. The number of hydrogen-bond acceptors (Lipinski definition) is 11. The first-order valence-electron chi connectivity index (χ1n) is 22.2. The number of piperazine rings is 1. The third kappa shape index (κ3) is 9.81. The molecule has 3 saturated heterocycles. The Hall–Kier alpha value is -6.16. The number of rotatable bonds is 16. The van der Waals surface area contributed by atoms with E-state index in [1.807, 2.05) is 36.4 Å². The zero-order valence-corrected chi connectivity index (χ0v) is 36.9. The second-order valence-electron chi connectivity index (χ2n) is 16.7.